The first kappa shape index (κ1) is 21.3. The Morgan fingerprint density at radius 2 is 2.03 bits per heavy atom. The number of halogens is 2. The van der Waals surface area contributed by atoms with Crippen LogP contribution >= 0.6 is 11.6 Å². The van der Waals surface area contributed by atoms with Crippen LogP contribution in [0.25, 0.3) is 22.2 Å². The molecule has 0 saturated heterocycles. The normalized spacial score (nSPS) is 15.1. The molecule has 1 saturated carbocycles. The van der Waals surface area contributed by atoms with Crippen LogP contribution in [0.1, 0.15) is 39.2 Å². The van der Waals surface area contributed by atoms with Crippen LogP contribution in [0.5, 0.6) is 0 Å². The van der Waals surface area contributed by atoms with Crippen molar-refractivity contribution in [3.05, 3.63) is 53.1 Å². The van der Waals surface area contributed by atoms with E-state index in [1.807, 2.05) is 6.20 Å². The summed E-state index contributed by atoms with van der Waals surface area (Å²) in [5.74, 6) is -0.442. The van der Waals surface area contributed by atoms with Crippen molar-refractivity contribution < 1.29 is 12.8 Å². The van der Waals surface area contributed by atoms with Gasteiger partial charge in [0.15, 0.2) is 0 Å². The summed E-state index contributed by atoms with van der Waals surface area (Å²) in [6.07, 6.45) is 4.89. The molecule has 0 bridgehead atoms. The molecule has 1 aromatic carbocycles. The number of hydrogen-bond acceptors (Lipinski definition) is 3. The monoisotopic (exact) mass is 449 g/mol. The number of nitrogens with zero attached hydrogens (tertiary/aromatic N) is 2. The fourth-order valence-electron chi connectivity index (χ4n) is 3.61. The minimum Gasteiger partial charge on any atom is -0.347 e. The second kappa shape index (κ2) is 7.62. The molecule has 30 heavy (non-hydrogen) atoms. The highest BCUT2D eigenvalue weighted by molar-refractivity contribution is 7.90. The maximum atomic E-state index is 15.1. The highest BCUT2D eigenvalue weighted by atomic mass is 35.5. The molecule has 8 heteroatoms. The van der Waals surface area contributed by atoms with E-state index in [1.54, 1.807) is 24.4 Å². The fraction of sp³-hybridized carbons (Fsp3) is 0.409. The number of nitrogens with one attached hydrogen (secondary N) is 1. The number of aromatic nitrogens is 2. The van der Waals surface area contributed by atoms with E-state index in [0.29, 0.717) is 41.1 Å². The number of hydrogen-bond donors (Lipinski definition) is 1. The maximum absolute atomic E-state index is 15.1. The minimum absolute atomic E-state index is 0.0199. The molecule has 1 aliphatic rings. The predicted octanol–water partition coefficient (Wildman–Crippen LogP) is 5.12. The standard InChI is InChI=1S/C22H25ClFN3O2S/c1-22(2,3)13-27-12-14(11-26-30(28,29)15-6-7-15)16-9-19(24)17(10-20(16)27)21-18(23)5-4-8-25-21/h4-5,8-10,12,15,26H,6-7,11,13H2,1-3H3. The molecule has 2 aromatic heterocycles. The molecule has 1 aliphatic carbocycles. The van der Waals surface area contributed by atoms with Crippen molar-refractivity contribution in [1.82, 2.24) is 14.3 Å². The minimum atomic E-state index is -3.33. The van der Waals surface area contributed by atoms with Crippen LogP contribution in [0.4, 0.5) is 4.39 Å². The lowest BCUT2D eigenvalue weighted by Gasteiger charge is -2.20. The molecule has 2 heterocycles. The molecule has 1 fully saturated rings. The summed E-state index contributed by atoms with van der Waals surface area (Å²) in [5, 5.41) is 0.767. The van der Waals surface area contributed by atoms with E-state index in [9.17, 15) is 8.42 Å². The summed E-state index contributed by atoms with van der Waals surface area (Å²) in [7, 11) is -3.33. The zero-order valence-electron chi connectivity index (χ0n) is 17.2. The molecule has 160 valence electrons. The fourth-order valence-corrected chi connectivity index (χ4v) is 5.18. The molecule has 0 aliphatic heterocycles. The van der Waals surface area contributed by atoms with Crippen LogP contribution in [0, 0.1) is 11.2 Å². The molecule has 0 unspecified atom stereocenters. The largest absolute Gasteiger partial charge is 0.347 e. The third-order valence-corrected chi connectivity index (χ3v) is 7.34. The number of sulfonamides is 1. The maximum Gasteiger partial charge on any atom is 0.214 e. The predicted molar refractivity (Wildman–Crippen MR) is 118 cm³/mol. The topological polar surface area (TPSA) is 64.0 Å². The lowest BCUT2D eigenvalue weighted by atomic mass is 9.97. The molecule has 0 radical (unpaired) electrons. The quantitative estimate of drug-likeness (QED) is 0.567. The van der Waals surface area contributed by atoms with Crippen molar-refractivity contribution in [3.63, 3.8) is 0 Å². The first-order valence-electron chi connectivity index (χ1n) is 9.96. The Kier molecular flexibility index (Phi) is 5.41. The Hall–Kier alpha value is -1.96. The van der Waals surface area contributed by atoms with Gasteiger partial charge < -0.3 is 4.57 Å². The molecule has 0 spiro atoms. The van der Waals surface area contributed by atoms with E-state index >= 15 is 4.39 Å². The van der Waals surface area contributed by atoms with E-state index in [0.717, 1.165) is 11.1 Å². The summed E-state index contributed by atoms with van der Waals surface area (Å²) in [4.78, 5) is 4.25. The highest BCUT2D eigenvalue weighted by Crippen LogP contribution is 2.34. The Morgan fingerprint density at radius 1 is 1.30 bits per heavy atom. The van der Waals surface area contributed by atoms with Gasteiger partial charge in [-0.05, 0) is 48.1 Å². The van der Waals surface area contributed by atoms with E-state index in [1.165, 1.54) is 6.07 Å². The zero-order valence-corrected chi connectivity index (χ0v) is 18.8. The van der Waals surface area contributed by atoms with Gasteiger partial charge in [-0.15, -0.1) is 0 Å². The smallest absolute Gasteiger partial charge is 0.214 e. The summed E-state index contributed by atoms with van der Waals surface area (Å²) < 4.78 is 44.3. The van der Waals surface area contributed by atoms with Gasteiger partial charge in [0.2, 0.25) is 10.0 Å². The van der Waals surface area contributed by atoms with Gasteiger partial charge in [0.05, 0.1) is 16.0 Å². The van der Waals surface area contributed by atoms with Gasteiger partial charge in [0.25, 0.3) is 0 Å². The van der Waals surface area contributed by atoms with Crippen LogP contribution in [-0.2, 0) is 23.1 Å². The van der Waals surface area contributed by atoms with Crippen molar-refractivity contribution in [2.24, 2.45) is 5.41 Å². The van der Waals surface area contributed by atoms with Gasteiger partial charge in [0, 0.05) is 41.9 Å². The van der Waals surface area contributed by atoms with Gasteiger partial charge >= 0.3 is 0 Å². The number of fused-ring (bicyclic) bond motifs is 1. The third kappa shape index (κ3) is 4.38. The number of rotatable bonds is 6. The van der Waals surface area contributed by atoms with Gasteiger partial charge in [-0.25, -0.2) is 17.5 Å². The lowest BCUT2D eigenvalue weighted by Crippen LogP contribution is -2.26. The van der Waals surface area contributed by atoms with Gasteiger partial charge in [-0.2, -0.15) is 0 Å². The molecule has 4 rings (SSSR count). The van der Waals surface area contributed by atoms with Gasteiger partial charge in [0.1, 0.15) is 5.82 Å². The second-order valence-corrected chi connectivity index (χ2v) is 11.5. The van der Waals surface area contributed by atoms with Crippen molar-refractivity contribution in [1.29, 1.82) is 0 Å². The molecule has 5 nitrogen and oxygen atoms in total. The summed E-state index contributed by atoms with van der Waals surface area (Å²) in [5.41, 5.74) is 2.26. The van der Waals surface area contributed by atoms with Crippen LogP contribution in [-0.4, -0.2) is 23.2 Å². The van der Waals surface area contributed by atoms with Crippen LogP contribution in [0.2, 0.25) is 5.02 Å². The van der Waals surface area contributed by atoms with Crippen molar-refractivity contribution in [2.45, 2.75) is 52.0 Å². The average molecular weight is 450 g/mol. The van der Waals surface area contributed by atoms with Crippen LogP contribution < -0.4 is 4.72 Å². The first-order chi connectivity index (χ1) is 14.0. The molecule has 3 aromatic rings. The molecule has 0 atom stereocenters. The first-order valence-corrected chi connectivity index (χ1v) is 11.9. The van der Waals surface area contributed by atoms with Gasteiger partial charge in [-0.1, -0.05) is 32.4 Å². The van der Waals surface area contributed by atoms with Crippen LogP contribution in [0.15, 0.2) is 36.7 Å². The van der Waals surface area contributed by atoms with E-state index < -0.39 is 15.8 Å². The van der Waals surface area contributed by atoms with Crippen molar-refractivity contribution in [2.75, 3.05) is 0 Å². The molecular weight excluding hydrogens is 425 g/mol. The highest BCUT2D eigenvalue weighted by Gasteiger charge is 2.35. The van der Waals surface area contributed by atoms with E-state index in [2.05, 4.69) is 35.0 Å². The molecule has 0 amide bonds. The average Bonchev–Trinajstić information content (AvgIpc) is 3.46. The third-order valence-electron chi connectivity index (χ3n) is 5.14. The molecule has 1 N–H and O–H groups in total. The van der Waals surface area contributed by atoms with E-state index in [-0.39, 0.29) is 17.2 Å². The van der Waals surface area contributed by atoms with Crippen LogP contribution in [0.3, 0.4) is 0 Å². The Balaban J connectivity index is 1.81. The lowest BCUT2D eigenvalue weighted by molar-refractivity contribution is 0.349. The summed E-state index contributed by atoms with van der Waals surface area (Å²) in [6, 6.07) is 6.59. The van der Waals surface area contributed by atoms with Crippen molar-refractivity contribution >= 4 is 32.5 Å². The number of benzene rings is 1. The van der Waals surface area contributed by atoms with Crippen molar-refractivity contribution in [3.8, 4) is 11.3 Å². The molecular formula is C22H25ClFN3O2S. The summed E-state index contributed by atoms with van der Waals surface area (Å²) >= 11 is 6.26. The Labute approximate surface area is 181 Å². The Bertz CT molecular complexity index is 1210. The zero-order chi connectivity index (χ0) is 21.7. The van der Waals surface area contributed by atoms with Gasteiger partial charge in [-0.3, -0.25) is 4.98 Å². The Morgan fingerprint density at radius 3 is 2.67 bits per heavy atom. The SMILES string of the molecule is CC(C)(C)Cn1cc(CNS(=O)(=O)C2CC2)c2cc(F)c(-c3ncccc3Cl)cc21. The summed E-state index contributed by atoms with van der Waals surface area (Å²) in [6.45, 7) is 7.19. The number of pyridine rings is 1. The second-order valence-electron chi connectivity index (χ2n) is 9.09. The van der Waals surface area contributed by atoms with E-state index in [4.69, 9.17) is 11.6 Å².